The SMILES string of the molecule is COc1c(OC(=O)c2ccccc2)cc2c(c1OC(C)=O)[C@@H]1O[C@H](COC(C)=O)[C@@H](OC(C)=O)[C@H](OC(C)=O)[C@H]1OC2=O. The number of methoxy groups -OCH3 is 1. The minimum Gasteiger partial charge on any atom is -0.490 e. The molecule has 1 saturated heterocycles. The summed E-state index contributed by atoms with van der Waals surface area (Å²) in [6.07, 6.45) is -6.83. The Kier molecular flexibility index (Phi) is 9.29. The standard InChI is InChI=1S/C29H28O14/c1-13(30)37-12-20-23(38-14(2)31)26(40-16(4)33)27-25(41-20)21-18(29(35)43-27)11-19(22(36-5)24(21)39-15(3)32)42-28(34)17-9-7-6-8-10-17/h6-11,20,23,25-27H,12H2,1-5H3/t20-,23-,25+,26+,27+/m1/s1. The van der Waals surface area contributed by atoms with Crippen molar-refractivity contribution in [2.75, 3.05) is 13.7 Å². The van der Waals surface area contributed by atoms with E-state index in [0.717, 1.165) is 33.8 Å². The number of benzene rings is 2. The molecule has 0 radical (unpaired) electrons. The molecule has 14 nitrogen and oxygen atoms in total. The molecule has 228 valence electrons. The van der Waals surface area contributed by atoms with E-state index in [1.807, 2.05) is 0 Å². The minimum absolute atomic E-state index is 0.0703. The van der Waals surface area contributed by atoms with Crippen molar-refractivity contribution in [3.8, 4) is 17.2 Å². The smallest absolute Gasteiger partial charge is 0.343 e. The summed E-state index contributed by atoms with van der Waals surface area (Å²) in [5.74, 6) is -5.75. The highest BCUT2D eigenvalue weighted by molar-refractivity contribution is 5.97. The summed E-state index contributed by atoms with van der Waals surface area (Å²) in [7, 11) is 1.22. The van der Waals surface area contributed by atoms with Crippen molar-refractivity contribution in [3.63, 3.8) is 0 Å². The van der Waals surface area contributed by atoms with Crippen molar-refractivity contribution in [2.24, 2.45) is 0 Å². The number of hydrogen-bond donors (Lipinski definition) is 0. The molecule has 2 aliphatic rings. The first-order valence-corrected chi connectivity index (χ1v) is 13.0. The molecule has 0 aliphatic carbocycles. The zero-order chi connectivity index (χ0) is 31.4. The Morgan fingerprint density at radius 1 is 0.814 bits per heavy atom. The van der Waals surface area contributed by atoms with E-state index in [1.54, 1.807) is 18.2 Å². The Bertz CT molecular complexity index is 1450. The highest BCUT2D eigenvalue weighted by Crippen LogP contribution is 2.51. The molecule has 43 heavy (non-hydrogen) atoms. The highest BCUT2D eigenvalue weighted by atomic mass is 16.7. The second-order valence-corrected chi connectivity index (χ2v) is 9.46. The average molecular weight is 601 g/mol. The monoisotopic (exact) mass is 600 g/mol. The van der Waals surface area contributed by atoms with Crippen molar-refractivity contribution in [3.05, 3.63) is 53.1 Å². The van der Waals surface area contributed by atoms with Gasteiger partial charge in [-0.25, -0.2) is 9.59 Å². The summed E-state index contributed by atoms with van der Waals surface area (Å²) < 4.78 is 44.2. The number of ether oxygens (including phenoxy) is 8. The molecule has 2 heterocycles. The molecule has 0 bridgehead atoms. The summed E-state index contributed by atoms with van der Waals surface area (Å²) in [5, 5.41) is 0. The number of esters is 6. The largest absolute Gasteiger partial charge is 0.490 e. The van der Waals surface area contributed by atoms with Crippen LogP contribution in [0.2, 0.25) is 0 Å². The van der Waals surface area contributed by atoms with Gasteiger partial charge in [0.05, 0.1) is 18.2 Å². The molecule has 0 aromatic heterocycles. The van der Waals surface area contributed by atoms with Gasteiger partial charge in [-0.1, -0.05) is 18.2 Å². The first-order chi connectivity index (χ1) is 20.4. The van der Waals surface area contributed by atoms with Crippen LogP contribution in [0.4, 0.5) is 0 Å². The minimum atomic E-state index is -1.44. The zero-order valence-corrected chi connectivity index (χ0v) is 23.8. The van der Waals surface area contributed by atoms with Crippen LogP contribution in [0.25, 0.3) is 0 Å². The van der Waals surface area contributed by atoms with Gasteiger partial charge in [-0.15, -0.1) is 0 Å². The van der Waals surface area contributed by atoms with Crippen molar-refractivity contribution < 1.29 is 66.7 Å². The van der Waals surface area contributed by atoms with Crippen LogP contribution < -0.4 is 14.2 Å². The predicted octanol–water partition coefficient (Wildman–Crippen LogP) is 2.25. The average Bonchev–Trinajstić information content (AvgIpc) is 2.93. The Labute approximate surface area is 245 Å². The molecule has 1 fully saturated rings. The number of hydrogen-bond acceptors (Lipinski definition) is 14. The molecule has 2 aliphatic heterocycles. The Morgan fingerprint density at radius 2 is 1.47 bits per heavy atom. The third kappa shape index (κ3) is 6.75. The number of carbonyl (C=O) groups excluding carboxylic acids is 6. The molecule has 0 N–H and O–H groups in total. The topological polar surface area (TPSA) is 176 Å². The van der Waals surface area contributed by atoms with Crippen LogP contribution in [-0.2, 0) is 42.9 Å². The van der Waals surface area contributed by atoms with Crippen LogP contribution >= 0.6 is 0 Å². The summed E-state index contributed by atoms with van der Waals surface area (Å²) in [5.41, 5.74) is -0.115. The Morgan fingerprint density at radius 3 is 2.05 bits per heavy atom. The van der Waals surface area contributed by atoms with Gasteiger partial charge in [0, 0.05) is 33.3 Å². The van der Waals surface area contributed by atoms with E-state index >= 15 is 0 Å². The summed E-state index contributed by atoms with van der Waals surface area (Å²) in [6.45, 7) is 3.98. The molecule has 0 amide bonds. The van der Waals surface area contributed by atoms with Crippen molar-refractivity contribution >= 4 is 35.8 Å². The van der Waals surface area contributed by atoms with Crippen molar-refractivity contribution in [2.45, 2.75) is 58.2 Å². The van der Waals surface area contributed by atoms with E-state index < -0.39 is 72.9 Å². The first kappa shape index (κ1) is 31.0. The van der Waals surface area contributed by atoms with E-state index in [4.69, 9.17) is 37.9 Å². The van der Waals surface area contributed by atoms with Gasteiger partial charge in [-0.3, -0.25) is 19.2 Å². The molecule has 2 aromatic rings. The van der Waals surface area contributed by atoms with Gasteiger partial charge in [0.2, 0.25) is 5.75 Å². The van der Waals surface area contributed by atoms with E-state index in [0.29, 0.717) is 0 Å². The van der Waals surface area contributed by atoms with Crippen molar-refractivity contribution in [1.82, 2.24) is 0 Å². The van der Waals surface area contributed by atoms with Gasteiger partial charge in [-0.2, -0.15) is 0 Å². The lowest BCUT2D eigenvalue weighted by molar-refractivity contribution is -0.251. The fraction of sp³-hybridized carbons (Fsp3) is 0.379. The quantitative estimate of drug-likeness (QED) is 0.245. The molecule has 2 aromatic carbocycles. The molecular weight excluding hydrogens is 572 g/mol. The van der Waals surface area contributed by atoms with Gasteiger partial charge >= 0.3 is 35.8 Å². The molecule has 4 rings (SSSR count). The lowest BCUT2D eigenvalue weighted by Gasteiger charge is -2.46. The van der Waals surface area contributed by atoms with Gasteiger partial charge < -0.3 is 37.9 Å². The normalized spacial score (nSPS) is 22.1. The Hall–Kier alpha value is -4.98. The van der Waals surface area contributed by atoms with E-state index in [2.05, 4.69) is 0 Å². The van der Waals surface area contributed by atoms with E-state index in [-0.39, 0.29) is 33.9 Å². The number of rotatable bonds is 8. The number of fused-ring (bicyclic) bond motifs is 3. The maximum absolute atomic E-state index is 13.4. The maximum atomic E-state index is 13.4. The second kappa shape index (κ2) is 12.9. The van der Waals surface area contributed by atoms with Crippen molar-refractivity contribution in [1.29, 1.82) is 0 Å². The summed E-state index contributed by atoms with van der Waals surface area (Å²) in [6, 6.07) is 9.12. The Balaban J connectivity index is 1.88. The van der Waals surface area contributed by atoms with Crippen LogP contribution in [0.15, 0.2) is 36.4 Å². The van der Waals surface area contributed by atoms with Crippen LogP contribution in [0.5, 0.6) is 17.2 Å². The third-order valence-electron chi connectivity index (χ3n) is 6.34. The predicted molar refractivity (Wildman–Crippen MR) is 140 cm³/mol. The second-order valence-electron chi connectivity index (χ2n) is 9.46. The van der Waals surface area contributed by atoms with Crippen LogP contribution in [0.3, 0.4) is 0 Å². The zero-order valence-electron chi connectivity index (χ0n) is 23.8. The molecule has 0 unspecified atom stereocenters. The lowest BCUT2D eigenvalue weighted by atomic mass is 9.85. The third-order valence-corrected chi connectivity index (χ3v) is 6.34. The molecular formula is C29H28O14. The number of carbonyl (C=O) groups is 6. The van der Waals surface area contributed by atoms with Crippen LogP contribution in [0, 0.1) is 0 Å². The fourth-order valence-corrected chi connectivity index (χ4v) is 4.79. The summed E-state index contributed by atoms with van der Waals surface area (Å²) in [4.78, 5) is 74.3. The molecule has 5 atom stereocenters. The van der Waals surface area contributed by atoms with E-state index in [9.17, 15) is 28.8 Å². The molecule has 0 spiro atoms. The van der Waals surface area contributed by atoms with Gasteiger partial charge in [0.25, 0.3) is 0 Å². The van der Waals surface area contributed by atoms with Crippen LogP contribution in [0.1, 0.15) is 60.1 Å². The highest BCUT2D eigenvalue weighted by Gasteiger charge is 2.56. The van der Waals surface area contributed by atoms with Gasteiger partial charge in [0.1, 0.15) is 18.8 Å². The fourth-order valence-electron chi connectivity index (χ4n) is 4.79. The summed E-state index contributed by atoms with van der Waals surface area (Å²) >= 11 is 0. The van der Waals surface area contributed by atoms with Gasteiger partial charge in [0.15, 0.2) is 29.8 Å². The maximum Gasteiger partial charge on any atom is 0.343 e. The molecule has 0 saturated carbocycles. The first-order valence-electron chi connectivity index (χ1n) is 13.0. The lowest BCUT2D eigenvalue weighted by Crippen LogP contribution is -2.60. The van der Waals surface area contributed by atoms with E-state index in [1.165, 1.54) is 19.2 Å². The van der Waals surface area contributed by atoms with Gasteiger partial charge in [-0.05, 0) is 18.2 Å². The molecule has 14 heteroatoms. The van der Waals surface area contributed by atoms with Crippen LogP contribution in [-0.4, -0.2) is 73.9 Å².